The number of azide groups is 2. The molecular formula is C7H10F2N6O2. The molecule has 0 aromatic heterocycles. The molecule has 8 nitrogen and oxygen atoms in total. The first-order valence-electron chi connectivity index (χ1n) is 4.71. The molecule has 0 spiro atoms. The van der Waals surface area contributed by atoms with Crippen molar-refractivity contribution in [3.05, 3.63) is 20.9 Å². The summed E-state index contributed by atoms with van der Waals surface area (Å²) in [5.74, 6) is -4.77. The van der Waals surface area contributed by atoms with Crippen molar-refractivity contribution in [3.8, 4) is 0 Å². The Morgan fingerprint density at radius 1 is 1.41 bits per heavy atom. The lowest BCUT2D eigenvalue weighted by Crippen LogP contribution is -2.57. The minimum atomic E-state index is -3.43. The predicted octanol–water partition coefficient (Wildman–Crippen LogP) is 1.96. The zero-order valence-corrected chi connectivity index (χ0v) is 8.81. The highest BCUT2D eigenvalue weighted by atomic mass is 19.3. The second-order valence-electron chi connectivity index (χ2n) is 3.59. The van der Waals surface area contributed by atoms with Crippen LogP contribution in [0.3, 0.4) is 0 Å². The fourth-order valence-electron chi connectivity index (χ4n) is 1.59. The highest BCUT2D eigenvalue weighted by Crippen LogP contribution is 2.40. The molecule has 1 saturated heterocycles. The molecule has 0 aromatic carbocycles. The molecular weight excluding hydrogens is 238 g/mol. The van der Waals surface area contributed by atoms with Crippen LogP contribution in [0, 0.1) is 5.92 Å². The van der Waals surface area contributed by atoms with E-state index >= 15 is 0 Å². The summed E-state index contributed by atoms with van der Waals surface area (Å²) < 4.78 is 32.3. The van der Waals surface area contributed by atoms with E-state index in [0.29, 0.717) is 0 Å². The van der Waals surface area contributed by atoms with Gasteiger partial charge in [-0.1, -0.05) is 17.2 Å². The normalized spacial score (nSPS) is 35.5. The Bertz CT molecular complexity index is 379. The number of aliphatic hydroxyl groups is 1. The maximum atomic E-state index is 13.7. The van der Waals surface area contributed by atoms with Crippen LogP contribution in [-0.4, -0.2) is 36.0 Å². The van der Waals surface area contributed by atoms with Gasteiger partial charge in [0.05, 0.1) is 12.6 Å². The van der Waals surface area contributed by atoms with Crippen molar-refractivity contribution in [2.75, 3.05) is 6.54 Å². The van der Waals surface area contributed by atoms with Gasteiger partial charge >= 0.3 is 0 Å². The number of ether oxygens (including phenoxy) is 1. The van der Waals surface area contributed by atoms with Crippen LogP contribution in [0.15, 0.2) is 10.2 Å². The number of hydrogen-bond donors (Lipinski definition) is 1. The summed E-state index contributed by atoms with van der Waals surface area (Å²) >= 11 is 0. The molecule has 17 heavy (non-hydrogen) atoms. The van der Waals surface area contributed by atoms with Crippen molar-refractivity contribution in [3.63, 3.8) is 0 Å². The van der Waals surface area contributed by atoms with Crippen molar-refractivity contribution >= 4 is 0 Å². The summed E-state index contributed by atoms with van der Waals surface area (Å²) in [6.45, 7) is 0.844. The number of hydrogen-bond acceptors (Lipinski definition) is 4. The van der Waals surface area contributed by atoms with Crippen LogP contribution in [-0.2, 0) is 4.74 Å². The SMILES string of the molecule is C[C@@H]1[C@@H](CN=[N+]=[N-])OC(O)[C@H](N=[N+]=[N-])C1(F)F. The molecule has 1 N–H and O–H groups in total. The minimum Gasteiger partial charge on any atom is -0.367 e. The second kappa shape index (κ2) is 5.15. The lowest BCUT2D eigenvalue weighted by Gasteiger charge is -2.41. The van der Waals surface area contributed by atoms with Gasteiger partial charge in [-0.25, -0.2) is 8.78 Å². The van der Waals surface area contributed by atoms with Gasteiger partial charge < -0.3 is 9.84 Å². The standard InChI is InChI=1S/C7H10F2N6O2/c1-3-4(2-12-14-10)17-6(16)5(13-15-11)7(3,8)9/h3-6,16H,2H2,1H3/t3-,4-,5+,6?/m1/s1. The number of alkyl halides is 2. The van der Waals surface area contributed by atoms with E-state index in [0.717, 1.165) is 0 Å². The Balaban J connectivity index is 2.95. The van der Waals surface area contributed by atoms with E-state index in [-0.39, 0.29) is 6.54 Å². The van der Waals surface area contributed by atoms with E-state index in [2.05, 4.69) is 20.1 Å². The molecule has 1 fully saturated rings. The Kier molecular flexibility index (Phi) is 4.08. The molecule has 0 bridgehead atoms. The van der Waals surface area contributed by atoms with Gasteiger partial charge in [-0.05, 0) is 11.1 Å². The highest BCUT2D eigenvalue weighted by Gasteiger charge is 2.55. The molecule has 94 valence electrons. The van der Waals surface area contributed by atoms with Gasteiger partial charge in [0.1, 0.15) is 0 Å². The largest absolute Gasteiger partial charge is 0.367 e. The van der Waals surface area contributed by atoms with E-state index in [1.165, 1.54) is 6.92 Å². The van der Waals surface area contributed by atoms with Crippen LogP contribution >= 0.6 is 0 Å². The van der Waals surface area contributed by atoms with E-state index < -0.39 is 30.3 Å². The van der Waals surface area contributed by atoms with Gasteiger partial charge in [-0.15, -0.1) is 0 Å². The molecule has 1 aliphatic rings. The third-order valence-corrected chi connectivity index (χ3v) is 2.64. The average molecular weight is 248 g/mol. The van der Waals surface area contributed by atoms with Gasteiger partial charge in [0.15, 0.2) is 12.3 Å². The predicted molar refractivity (Wildman–Crippen MR) is 51.9 cm³/mol. The Morgan fingerprint density at radius 3 is 2.59 bits per heavy atom. The van der Waals surface area contributed by atoms with Crippen LogP contribution in [0.25, 0.3) is 20.9 Å². The molecule has 10 heteroatoms. The smallest absolute Gasteiger partial charge is 0.266 e. The molecule has 1 unspecified atom stereocenters. The quantitative estimate of drug-likeness (QED) is 0.465. The molecule has 0 amide bonds. The molecule has 1 rings (SSSR count). The summed E-state index contributed by atoms with van der Waals surface area (Å²) in [7, 11) is 0. The van der Waals surface area contributed by atoms with Crippen molar-refractivity contribution in [2.24, 2.45) is 16.1 Å². The van der Waals surface area contributed by atoms with E-state index in [1.54, 1.807) is 0 Å². The van der Waals surface area contributed by atoms with Gasteiger partial charge in [-0.2, -0.15) is 0 Å². The zero-order valence-electron chi connectivity index (χ0n) is 8.81. The number of nitrogens with zero attached hydrogens (tertiary/aromatic N) is 6. The van der Waals surface area contributed by atoms with Crippen molar-refractivity contribution in [1.82, 2.24) is 0 Å². The van der Waals surface area contributed by atoms with Crippen LogP contribution < -0.4 is 0 Å². The third-order valence-electron chi connectivity index (χ3n) is 2.64. The first-order valence-corrected chi connectivity index (χ1v) is 4.71. The number of rotatable bonds is 3. The maximum absolute atomic E-state index is 13.7. The van der Waals surface area contributed by atoms with E-state index in [4.69, 9.17) is 15.8 Å². The van der Waals surface area contributed by atoms with Crippen molar-refractivity contribution in [2.45, 2.75) is 31.3 Å². The van der Waals surface area contributed by atoms with Gasteiger partial charge in [0.25, 0.3) is 5.92 Å². The first kappa shape index (κ1) is 13.5. The third kappa shape index (κ3) is 2.56. The second-order valence-corrected chi connectivity index (χ2v) is 3.59. The number of halogens is 2. The summed E-state index contributed by atoms with van der Waals surface area (Å²) in [5.41, 5.74) is 16.3. The summed E-state index contributed by atoms with van der Waals surface area (Å²) in [6.07, 6.45) is -3.04. The highest BCUT2D eigenvalue weighted by molar-refractivity contribution is 4.97. The maximum Gasteiger partial charge on any atom is 0.266 e. The Labute approximate surface area is 94.4 Å². The van der Waals surface area contributed by atoms with E-state index in [1.807, 2.05) is 0 Å². The zero-order chi connectivity index (χ0) is 13.1. The molecule has 1 aliphatic heterocycles. The van der Waals surface area contributed by atoms with Gasteiger partial charge in [-0.3, -0.25) is 0 Å². The molecule has 4 atom stereocenters. The monoisotopic (exact) mass is 248 g/mol. The first-order chi connectivity index (χ1) is 7.95. The molecule has 0 aliphatic carbocycles. The molecule has 1 heterocycles. The van der Waals surface area contributed by atoms with Crippen LogP contribution in [0.2, 0.25) is 0 Å². The van der Waals surface area contributed by atoms with Crippen molar-refractivity contribution < 1.29 is 18.6 Å². The number of aliphatic hydroxyl groups excluding tert-OH is 1. The Hall–Kier alpha value is -1.60. The lowest BCUT2D eigenvalue weighted by atomic mass is 9.88. The van der Waals surface area contributed by atoms with E-state index in [9.17, 15) is 13.9 Å². The molecule has 0 saturated carbocycles. The summed E-state index contributed by atoms with van der Waals surface area (Å²) in [4.78, 5) is 4.68. The Morgan fingerprint density at radius 2 is 2.06 bits per heavy atom. The molecule has 0 radical (unpaired) electrons. The van der Waals surface area contributed by atoms with Gasteiger partial charge in [0.2, 0.25) is 0 Å². The van der Waals surface area contributed by atoms with Crippen LogP contribution in [0.5, 0.6) is 0 Å². The fraction of sp³-hybridized carbons (Fsp3) is 1.00. The topological polar surface area (TPSA) is 127 Å². The lowest BCUT2D eigenvalue weighted by molar-refractivity contribution is -0.267. The summed E-state index contributed by atoms with van der Waals surface area (Å²) in [6, 6.07) is -1.98. The fourth-order valence-corrected chi connectivity index (χ4v) is 1.59. The minimum absolute atomic E-state index is 0.326. The van der Waals surface area contributed by atoms with Crippen molar-refractivity contribution in [1.29, 1.82) is 0 Å². The average Bonchev–Trinajstić information content (AvgIpc) is 2.28. The van der Waals surface area contributed by atoms with Gasteiger partial charge in [0, 0.05) is 15.7 Å². The summed E-state index contributed by atoms with van der Waals surface area (Å²) in [5, 5.41) is 15.3. The molecule has 0 aromatic rings. The van der Waals surface area contributed by atoms with Crippen LogP contribution in [0.1, 0.15) is 6.92 Å². The van der Waals surface area contributed by atoms with Crippen LogP contribution in [0.4, 0.5) is 8.78 Å².